The normalized spacial score (nSPS) is 33.5. The number of fused-ring (bicyclic) bond motifs is 4. The number of anilines is 1. The van der Waals surface area contributed by atoms with Gasteiger partial charge in [0, 0.05) is 23.8 Å². The maximum atomic E-state index is 13.3. The van der Waals surface area contributed by atoms with Gasteiger partial charge in [0.05, 0.1) is 11.5 Å². The molecule has 4 aliphatic rings. The number of carbonyl (C=O) groups excluding carboxylic acids is 2. The van der Waals surface area contributed by atoms with Gasteiger partial charge in [-0.2, -0.15) is 0 Å². The van der Waals surface area contributed by atoms with Crippen molar-refractivity contribution in [3.8, 4) is 0 Å². The van der Waals surface area contributed by atoms with Crippen LogP contribution in [0.25, 0.3) is 0 Å². The zero-order valence-corrected chi connectivity index (χ0v) is 16.2. The van der Waals surface area contributed by atoms with E-state index in [4.69, 9.17) is 0 Å². The molecule has 1 spiro atoms. The fourth-order valence-corrected chi connectivity index (χ4v) is 6.14. The Morgan fingerprint density at radius 2 is 2.00 bits per heavy atom. The number of hydrogen-bond donors (Lipinski definition) is 3. The molecule has 2 amide bonds. The minimum absolute atomic E-state index is 0.0744. The van der Waals surface area contributed by atoms with Crippen LogP contribution in [0.4, 0.5) is 5.69 Å². The Labute approximate surface area is 165 Å². The number of benzene rings is 1. The molecule has 1 aromatic carbocycles. The summed E-state index contributed by atoms with van der Waals surface area (Å²) in [6, 6.07) is 8.05. The molecule has 3 N–H and O–H groups in total. The molecule has 6 heteroatoms. The van der Waals surface area contributed by atoms with Gasteiger partial charge in [0.15, 0.2) is 0 Å². The summed E-state index contributed by atoms with van der Waals surface area (Å²) in [5, 5.41) is 16.8. The van der Waals surface area contributed by atoms with E-state index in [0.29, 0.717) is 6.42 Å². The van der Waals surface area contributed by atoms with Crippen LogP contribution in [0.5, 0.6) is 0 Å². The summed E-state index contributed by atoms with van der Waals surface area (Å²) in [4.78, 5) is 28.9. The maximum Gasteiger partial charge on any atom is 0.250 e. The van der Waals surface area contributed by atoms with Crippen LogP contribution in [0.3, 0.4) is 0 Å². The van der Waals surface area contributed by atoms with E-state index in [-0.39, 0.29) is 24.4 Å². The molecule has 0 aromatic heterocycles. The number of carbonyl (C=O) groups is 2. The molecular formula is C22H29N3O3. The molecule has 150 valence electrons. The average Bonchev–Trinajstić information content (AvgIpc) is 3.35. The van der Waals surface area contributed by atoms with E-state index >= 15 is 0 Å². The molecule has 6 nitrogen and oxygen atoms in total. The zero-order valence-electron chi connectivity index (χ0n) is 16.2. The highest BCUT2D eigenvalue weighted by Crippen LogP contribution is 2.55. The molecular weight excluding hydrogens is 354 g/mol. The quantitative estimate of drug-likeness (QED) is 0.747. The van der Waals surface area contributed by atoms with Crippen molar-refractivity contribution >= 4 is 17.5 Å². The Kier molecular flexibility index (Phi) is 4.25. The first-order valence-corrected chi connectivity index (χ1v) is 10.7. The number of hydrogen-bond acceptors (Lipinski definition) is 4. The number of nitrogens with zero attached hydrogens (tertiary/aromatic N) is 1. The van der Waals surface area contributed by atoms with E-state index in [2.05, 4.69) is 15.5 Å². The van der Waals surface area contributed by atoms with Gasteiger partial charge in [-0.05, 0) is 44.7 Å². The largest absolute Gasteiger partial charge is 0.388 e. The van der Waals surface area contributed by atoms with Crippen molar-refractivity contribution in [2.24, 2.45) is 5.92 Å². The molecule has 28 heavy (non-hydrogen) atoms. The average molecular weight is 383 g/mol. The molecule has 1 aliphatic carbocycles. The van der Waals surface area contributed by atoms with Crippen LogP contribution in [0, 0.1) is 5.92 Å². The van der Waals surface area contributed by atoms with Crippen molar-refractivity contribution in [3.05, 3.63) is 29.8 Å². The Bertz CT molecular complexity index is 804. The topological polar surface area (TPSA) is 81.7 Å². The Hall–Kier alpha value is -1.92. The summed E-state index contributed by atoms with van der Waals surface area (Å²) >= 11 is 0. The summed E-state index contributed by atoms with van der Waals surface area (Å²) < 4.78 is 0. The van der Waals surface area contributed by atoms with Gasteiger partial charge in [-0.3, -0.25) is 14.5 Å². The highest BCUT2D eigenvalue weighted by molar-refractivity contribution is 6.09. The third-order valence-electron chi connectivity index (χ3n) is 7.47. The van der Waals surface area contributed by atoms with Gasteiger partial charge >= 0.3 is 0 Å². The molecule has 1 aromatic rings. The number of para-hydroxylation sites is 1. The predicted molar refractivity (Wildman–Crippen MR) is 106 cm³/mol. The fraction of sp³-hybridized carbons (Fsp3) is 0.636. The SMILES string of the molecule is O=C(NCC1(O)CCCCC1)[C@H]1C[C@H]2CCCN2[C@]12C(=O)Nc1ccccc12. The molecule has 5 rings (SSSR count). The third kappa shape index (κ3) is 2.54. The lowest BCUT2D eigenvalue weighted by Gasteiger charge is -2.37. The van der Waals surface area contributed by atoms with E-state index in [1.165, 1.54) is 0 Å². The number of aliphatic hydroxyl groups is 1. The zero-order chi connectivity index (χ0) is 19.4. The van der Waals surface area contributed by atoms with Gasteiger partial charge in [-0.1, -0.05) is 37.5 Å². The molecule has 2 saturated heterocycles. The van der Waals surface area contributed by atoms with Crippen molar-refractivity contribution in [1.29, 1.82) is 0 Å². The van der Waals surface area contributed by atoms with Gasteiger partial charge in [0.25, 0.3) is 0 Å². The van der Waals surface area contributed by atoms with Crippen molar-refractivity contribution in [3.63, 3.8) is 0 Å². The summed E-state index contributed by atoms with van der Waals surface area (Å²) in [7, 11) is 0. The molecule has 3 heterocycles. The van der Waals surface area contributed by atoms with Crippen molar-refractivity contribution in [1.82, 2.24) is 10.2 Å². The van der Waals surface area contributed by atoms with Crippen LogP contribution in [-0.4, -0.2) is 46.6 Å². The summed E-state index contributed by atoms with van der Waals surface area (Å²) in [5.41, 5.74) is 0.0487. The summed E-state index contributed by atoms with van der Waals surface area (Å²) in [6.45, 7) is 1.13. The van der Waals surface area contributed by atoms with Gasteiger partial charge in [-0.15, -0.1) is 0 Å². The lowest BCUT2D eigenvalue weighted by atomic mass is 9.78. The van der Waals surface area contributed by atoms with Gasteiger partial charge in [0.2, 0.25) is 11.8 Å². The molecule has 0 unspecified atom stereocenters. The van der Waals surface area contributed by atoms with Crippen molar-refractivity contribution in [2.75, 3.05) is 18.4 Å². The minimum atomic E-state index is -0.906. The van der Waals surface area contributed by atoms with Crippen LogP contribution < -0.4 is 10.6 Å². The maximum absolute atomic E-state index is 13.3. The number of amides is 2. The van der Waals surface area contributed by atoms with Crippen LogP contribution in [0.1, 0.15) is 56.9 Å². The number of nitrogens with one attached hydrogen (secondary N) is 2. The molecule has 3 fully saturated rings. The van der Waals surface area contributed by atoms with Crippen LogP contribution in [-0.2, 0) is 15.1 Å². The highest BCUT2D eigenvalue weighted by Gasteiger charge is 2.65. The molecule has 1 saturated carbocycles. The Morgan fingerprint density at radius 3 is 2.82 bits per heavy atom. The third-order valence-corrected chi connectivity index (χ3v) is 7.47. The first-order valence-electron chi connectivity index (χ1n) is 10.7. The fourth-order valence-electron chi connectivity index (χ4n) is 6.14. The van der Waals surface area contributed by atoms with Crippen LogP contribution >= 0.6 is 0 Å². The predicted octanol–water partition coefficient (Wildman–Crippen LogP) is 2.13. The number of rotatable bonds is 3. The van der Waals surface area contributed by atoms with E-state index in [1.807, 2.05) is 24.3 Å². The van der Waals surface area contributed by atoms with E-state index in [9.17, 15) is 14.7 Å². The Morgan fingerprint density at radius 1 is 1.21 bits per heavy atom. The second-order valence-corrected chi connectivity index (χ2v) is 9.05. The van der Waals surface area contributed by atoms with Gasteiger partial charge in [0.1, 0.15) is 5.54 Å². The molecule has 3 atom stereocenters. The second-order valence-electron chi connectivity index (χ2n) is 9.05. The standard InChI is InChI=1S/C22H29N3O3/c26-19(23-14-21(28)10-4-1-5-11-21)17-13-15-7-6-12-25(15)22(17)16-8-2-3-9-18(16)24-20(22)27/h2-3,8-9,15,17,28H,1,4-7,10-14H2,(H,23,26)(H,24,27)/t15-,17-,22+/m1/s1. The van der Waals surface area contributed by atoms with E-state index < -0.39 is 17.1 Å². The van der Waals surface area contributed by atoms with Gasteiger partial charge in [-0.25, -0.2) is 0 Å². The molecule has 3 aliphatic heterocycles. The Balaban J connectivity index is 1.45. The highest BCUT2D eigenvalue weighted by atomic mass is 16.3. The van der Waals surface area contributed by atoms with E-state index in [1.54, 1.807) is 0 Å². The first kappa shape index (κ1) is 18.1. The smallest absolute Gasteiger partial charge is 0.250 e. The first-order chi connectivity index (χ1) is 13.5. The summed E-state index contributed by atoms with van der Waals surface area (Å²) in [6.07, 6.45) is 7.43. The lowest BCUT2D eigenvalue weighted by molar-refractivity contribution is -0.138. The van der Waals surface area contributed by atoms with Crippen molar-refractivity contribution < 1.29 is 14.7 Å². The van der Waals surface area contributed by atoms with Crippen LogP contribution in [0.15, 0.2) is 24.3 Å². The second kappa shape index (κ2) is 6.56. The minimum Gasteiger partial charge on any atom is -0.388 e. The van der Waals surface area contributed by atoms with E-state index in [0.717, 1.165) is 62.7 Å². The van der Waals surface area contributed by atoms with Crippen molar-refractivity contribution in [2.45, 2.75) is 68.5 Å². The lowest BCUT2D eigenvalue weighted by Crippen LogP contribution is -2.55. The van der Waals surface area contributed by atoms with Crippen LogP contribution in [0.2, 0.25) is 0 Å². The monoisotopic (exact) mass is 383 g/mol. The molecule has 0 bridgehead atoms. The summed E-state index contributed by atoms with van der Waals surface area (Å²) in [5.74, 6) is -0.594. The van der Waals surface area contributed by atoms with Gasteiger partial charge < -0.3 is 15.7 Å². The molecule has 0 radical (unpaired) electrons.